The van der Waals surface area contributed by atoms with Crippen LogP contribution in [0.1, 0.15) is 38.4 Å². The molecule has 0 atom stereocenters. The predicted octanol–water partition coefficient (Wildman–Crippen LogP) is 1.46. The molecule has 1 fully saturated rings. The molecule has 1 aliphatic rings. The first-order valence-corrected chi connectivity index (χ1v) is 5.00. The molecule has 5 heteroatoms. The van der Waals surface area contributed by atoms with Crippen LogP contribution in [0.5, 0.6) is 0 Å². The van der Waals surface area contributed by atoms with E-state index in [1.54, 1.807) is 0 Å². The third-order valence-electron chi connectivity index (χ3n) is 2.68. The molecule has 0 bridgehead atoms. The number of hydrogen-bond acceptors (Lipinski definition) is 5. The highest BCUT2D eigenvalue weighted by atomic mass is 16.5. The molecule has 0 aliphatic heterocycles. The first-order chi connectivity index (χ1) is 6.77. The summed E-state index contributed by atoms with van der Waals surface area (Å²) in [5.74, 6) is 0.606. The molecule has 0 aromatic carbocycles. The average molecular weight is 197 g/mol. The number of nitrogens with two attached hydrogens (primary N) is 1. The van der Waals surface area contributed by atoms with E-state index < -0.39 is 0 Å². The van der Waals surface area contributed by atoms with E-state index in [4.69, 9.17) is 15.0 Å². The van der Waals surface area contributed by atoms with E-state index in [9.17, 15) is 0 Å². The Morgan fingerprint density at radius 2 is 2.21 bits per heavy atom. The van der Waals surface area contributed by atoms with Gasteiger partial charge in [0.25, 0.3) is 0 Å². The lowest BCUT2D eigenvalue weighted by atomic mass is 10.0. The lowest BCUT2D eigenvalue weighted by Crippen LogP contribution is -2.27. The number of nitrogen functional groups attached to an aromatic ring is 1. The van der Waals surface area contributed by atoms with Crippen molar-refractivity contribution in [2.75, 3.05) is 12.3 Å². The summed E-state index contributed by atoms with van der Waals surface area (Å²) in [6, 6.07) is 0.117. The highest BCUT2D eigenvalue weighted by Crippen LogP contribution is 2.40. The zero-order valence-electron chi connectivity index (χ0n) is 8.32. The van der Waals surface area contributed by atoms with Gasteiger partial charge in [-0.05, 0) is 32.6 Å². The summed E-state index contributed by atoms with van der Waals surface area (Å²) < 4.78 is 10.5. The Hall–Kier alpha value is -1.10. The Morgan fingerprint density at radius 1 is 1.50 bits per heavy atom. The molecule has 0 saturated heterocycles. The maximum absolute atomic E-state index is 5.75. The molecule has 1 heterocycles. The van der Waals surface area contributed by atoms with Crippen LogP contribution < -0.4 is 5.73 Å². The van der Waals surface area contributed by atoms with Gasteiger partial charge in [-0.1, -0.05) is 5.16 Å². The fourth-order valence-electron chi connectivity index (χ4n) is 2.08. The third kappa shape index (κ3) is 1.48. The van der Waals surface area contributed by atoms with Gasteiger partial charge in [-0.15, -0.1) is 0 Å². The van der Waals surface area contributed by atoms with Gasteiger partial charge in [0.1, 0.15) is 5.60 Å². The van der Waals surface area contributed by atoms with Gasteiger partial charge in [0.2, 0.25) is 5.82 Å². The Kier molecular flexibility index (Phi) is 2.41. The van der Waals surface area contributed by atoms with E-state index in [-0.39, 0.29) is 11.6 Å². The SMILES string of the molecule is CCOC1(c2noc(N)n2)CCCC1. The molecule has 0 spiro atoms. The summed E-state index contributed by atoms with van der Waals surface area (Å²) in [7, 11) is 0. The summed E-state index contributed by atoms with van der Waals surface area (Å²) in [6.45, 7) is 2.64. The van der Waals surface area contributed by atoms with Crippen LogP contribution in [0.3, 0.4) is 0 Å². The normalized spacial score (nSPS) is 20.1. The maximum Gasteiger partial charge on any atom is 0.318 e. The molecule has 0 radical (unpaired) electrons. The van der Waals surface area contributed by atoms with Crippen molar-refractivity contribution in [2.45, 2.75) is 38.2 Å². The van der Waals surface area contributed by atoms with E-state index in [0.717, 1.165) is 25.7 Å². The molecule has 1 aromatic rings. The maximum atomic E-state index is 5.75. The third-order valence-corrected chi connectivity index (χ3v) is 2.68. The van der Waals surface area contributed by atoms with Crippen molar-refractivity contribution in [1.29, 1.82) is 0 Å². The first kappa shape index (κ1) is 9.45. The van der Waals surface area contributed by atoms with Crippen LogP contribution >= 0.6 is 0 Å². The van der Waals surface area contributed by atoms with Crippen LogP contribution in [0.2, 0.25) is 0 Å². The van der Waals surface area contributed by atoms with Crippen molar-refractivity contribution >= 4 is 6.01 Å². The molecule has 2 rings (SSSR count). The minimum atomic E-state index is -0.337. The minimum Gasteiger partial charge on any atom is -0.367 e. The fraction of sp³-hybridized carbons (Fsp3) is 0.778. The smallest absolute Gasteiger partial charge is 0.318 e. The molecule has 2 N–H and O–H groups in total. The summed E-state index contributed by atoms with van der Waals surface area (Å²) in [6.07, 6.45) is 4.21. The topological polar surface area (TPSA) is 74.2 Å². The Bertz CT molecular complexity index is 305. The van der Waals surface area contributed by atoms with Crippen LogP contribution in [0.15, 0.2) is 4.52 Å². The van der Waals surface area contributed by atoms with Gasteiger partial charge in [-0.25, -0.2) is 0 Å². The number of hydrogen-bond donors (Lipinski definition) is 1. The fourth-order valence-corrected chi connectivity index (χ4v) is 2.08. The zero-order chi connectivity index (χ0) is 10.0. The molecule has 1 saturated carbocycles. The molecule has 78 valence electrons. The highest BCUT2D eigenvalue weighted by Gasteiger charge is 2.40. The van der Waals surface area contributed by atoms with E-state index in [1.165, 1.54) is 0 Å². The van der Waals surface area contributed by atoms with E-state index in [0.29, 0.717) is 12.4 Å². The molecule has 14 heavy (non-hydrogen) atoms. The predicted molar refractivity (Wildman–Crippen MR) is 50.5 cm³/mol. The minimum absolute atomic E-state index is 0.117. The molecule has 0 unspecified atom stereocenters. The van der Waals surface area contributed by atoms with Crippen LogP contribution in [0.4, 0.5) is 6.01 Å². The largest absolute Gasteiger partial charge is 0.367 e. The highest BCUT2D eigenvalue weighted by molar-refractivity contribution is 5.13. The second-order valence-corrected chi connectivity index (χ2v) is 3.59. The second-order valence-electron chi connectivity index (χ2n) is 3.59. The van der Waals surface area contributed by atoms with Crippen molar-refractivity contribution in [2.24, 2.45) is 0 Å². The molecular formula is C9H15N3O2. The average Bonchev–Trinajstić information content (AvgIpc) is 2.75. The summed E-state index contributed by atoms with van der Waals surface area (Å²) in [5, 5.41) is 3.85. The Balaban J connectivity index is 2.26. The van der Waals surface area contributed by atoms with Gasteiger partial charge in [0, 0.05) is 6.61 Å². The van der Waals surface area contributed by atoms with Crippen molar-refractivity contribution in [3.8, 4) is 0 Å². The van der Waals surface area contributed by atoms with E-state index in [2.05, 4.69) is 10.1 Å². The van der Waals surface area contributed by atoms with Crippen LogP contribution in [0.25, 0.3) is 0 Å². The first-order valence-electron chi connectivity index (χ1n) is 5.00. The summed E-state index contributed by atoms with van der Waals surface area (Å²) in [5.41, 5.74) is 5.07. The van der Waals surface area contributed by atoms with Crippen LogP contribution in [-0.2, 0) is 10.3 Å². The summed E-state index contributed by atoms with van der Waals surface area (Å²) in [4.78, 5) is 4.06. The van der Waals surface area contributed by atoms with Crippen molar-refractivity contribution in [3.05, 3.63) is 5.82 Å². The standard InChI is InChI=1S/C9H15N3O2/c1-2-13-9(5-3-4-6-9)7-11-8(10)14-12-7/h2-6H2,1H3,(H2,10,11,12). The summed E-state index contributed by atoms with van der Waals surface area (Å²) >= 11 is 0. The number of anilines is 1. The Morgan fingerprint density at radius 3 is 2.71 bits per heavy atom. The van der Waals surface area contributed by atoms with Gasteiger partial charge >= 0.3 is 6.01 Å². The van der Waals surface area contributed by atoms with Crippen molar-refractivity contribution in [3.63, 3.8) is 0 Å². The number of aromatic nitrogens is 2. The lowest BCUT2D eigenvalue weighted by molar-refractivity contribution is -0.0469. The quantitative estimate of drug-likeness (QED) is 0.793. The number of rotatable bonds is 3. The Labute approximate surface area is 82.6 Å². The molecular weight excluding hydrogens is 182 g/mol. The van der Waals surface area contributed by atoms with Gasteiger partial charge in [-0.3, -0.25) is 0 Å². The molecule has 1 aromatic heterocycles. The van der Waals surface area contributed by atoms with Crippen molar-refractivity contribution < 1.29 is 9.26 Å². The van der Waals surface area contributed by atoms with Gasteiger partial charge in [0.15, 0.2) is 0 Å². The second kappa shape index (κ2) is 3.57. The van der Waals surface area contributed by atoms with Gasteiger partial charge in [-0.2, -0.15) is 4.98 Å². The molecule has 5 nitrogen and oxygen atoms in total. The van der Waals surface area contributed by atoms with Gasteiger partial charge in [0.05, 0.1) is 0 Å². The monoisotopic (exact) mass is 197 g/mol. The lowest BCUT2D eigenvalue weighted by Gasteiger charge is -2.24. The number of nitrogens with zero attached hydrogens (tertiary/aromatic N) is 2. The van der Waals surface area contributed by atoms with E-state index in [1.807, 2.05) is 6.92 Å². The van der Waals surface area contributed by atoms with E-state index >= 15 is 0 Å². The molecule has 0 amide bonds. The van der Waals surface area contributed by atoms with Gasteiger partial charge < -0.3 is 15.0 Å². The van der Waals surface area contributed by atoms with Crippen LogP contribution in [-0.4, -0.2) is 16.7 Å². The van der Waals surface area contributed by atoms with Crippen molar-refractivity contribution in [1.82, 2.24) is 10.1 Å². The van der Waals surface area contributed by atoms with Crippen LogP contribution in [0, 0.1) is 0 Å². The zero-order valence-corrected chi connectivity index (χ0v) is 8.32. The molecule has 1 aliphatic carbocycles. The number of ether oxygens (including phenoxy) is 1.